The number of nitrogens with one attached hydrogen (secondary N) is 1. The first-order valence-electron chi connectivity index (χ1n) is 7.50. The Kier molecular flexibility index (Phi) is 7.13. The minimum Gasteiger partial charge on any atom is -0.468 e. The first-order valence-corrected chi connectivity index (χ1v) is 10.1. The van der Waals surface area contributed by atoms with Gasteiger partial charge in [-0.15, -0.1) is 0 Å². The van der Waals surface area contributed by atoms with Crippen LogP contribution >= 0.6 is 11.8 Å². The summed E-state index contributed by atoms with van der Waals surface area (Å²) in [5.41, 5.74) is 1.01. The topological polar surface area (TPSA) is 72.5 Å². The van der Waals surface area contributed by atoms with Crippen molar-refractivity contribution in [1.82, 2.24) is 4.72 Å². The number of halogens is 2. The Hall–Kier alpha value is -1.97. The minimum absolute atomic E-state index is 0.0869. The van der Waals surface area contributed by atoms with E-state index in [1.54, 1.807) is 0 Å². The van der Waals surface area contributed by atoms with Crippen molar-refractivity contribution >= 4 is 27.8 Å². The fraction of sp³-hybridized carbons (Fsp3) is 0.235. The maximum atomic E-state index is 13.8. The third kappa shape index (κ3) is 5.52. The van der Waals surface area contributed by atoms with Crippen molar-refractivity contribution in [2.24, 2.45) is 0 Å². The minimum atomic E-state index is -4.36. The SMILES string of the molecule is COC(=O)C(CSCc1ccccc1)NS(=O)(=O)c1ccc(F)cc1F. The van der Waals surface area contributed by atoms with E-state index in [0.29, 0.717) is 11.8 Å². The molecule has 0 saturated heterocycles. The fourth-order valence-corrected chi connectivity index (χ4v) is 4.46. The molecule has 0 saturated carbocycles. The van der Waals surface area contributed by atoms with Gasteiger partial charge in [0.25, 0.3) is 0 Å². The highest BCUT2D eigenvalue weighted by Gasteiger charge is 2.28. The fourth-order valence-electron chi connectivity index (χ4n) is 2.11. The van der Waals surface area contributed by atoms with Crippen LogP contribution in [-0.4, -0.2) is 33.3 Å². The van der Waals surface area contributed by atoms with E-state index in [-0.39, 0.29) is 5.75 Å². The van der Waals surface area contributed by atoms with Crippen molar-refractivity contribution < 1.29 is 26.7 Å². The number of methoxy groups -OCH3 is 1. The second-order valence-corrected chi connectivity index (χ2v) is 7.99. The van der Waals surface area contributed by atoms with Crippen LogP contribution in [0.25, 0.3) is 0 Å². The van der Waals surface area contributed by atoms with Gasteiger partial charge in [-0.2, -0.15) is 16.5 Å². The molecule has 2 aromatic rings. The Morgan fingerprint density at radius 2 is 1.88 bits per heavy atom. The second kappa shape index (κ2) is 9.11. The van der Waals surface area contributed by atoms with Crippen molar-refractivity contribution in [2.45, 2.75) is 16.7 Å². The zero-order valence-electron chi connectivity index (χ0n) is 13.8. The summed E-state index contributed by atoms with van der Waals surface area (Å²) < 4.78 is 58.2. The van der Waals surface area contributed by atoms with Gasteiger partial charge in [-0.3, -0.25) is 4.79 Å². The van der Waals surface area contributed by atoms with Crippen molar-refractivity contribution in [3.8, 4) is 0 Å². The van der Waals surface area contributed by atoms with Crippen molar-refractivity contribution in [2.75, 3.05) is 12.9 Å². The van der Waals surface area contributed by atoms with Crippen LogP contribution in [0.3, 0.4) is 0 Å². The summed E-state index contributed by atoms with van der Waals surface area (Å²) in [6, 6.07) is 10.3. The monoisotopic (exact) mass is 401 g/mol. The largest absolute Gasteiger partial charge is 0.468 e. The smallest absolute Gasteiger partial charge is 0.324 e. The van der Waals surface area contributed by atoms with Crippen LogP contribution in [0, 0.1) is 11.6 Å². The molecule has 26 heavy (non-hydrogen) atoms. The molecule has 5 nitrogen and oxygen atoms in total. The highest BCUT2D eigenvalue weighted by Crippen LogP contribution is 2.18. The van der Waals surface area contributed by atoms with Gasteiger partial charge in [-0.05, 0) is 17.7 Å². The number of hydrogen-bond donors (Lipinski definition) is 1. The lowest BCUT2D eigenvalue weighted by atomic mass is 10.2. The molecule has 0 aliphatic rings. The van der Waals surface area contributed by atoms with Gasteiger partial charge in [0.05, 0.1) is 7.11 Å². The first kappa shape index (κ1) is 20.3. The van der Waals surface area contributed by atoms with Crippen LogP contribution in [0.2, 0.25) is 0 Å². The molecule has 0 aliphatic carbocycles. The van der Waals surface area contributed by atoms with E-state index in [0.717, 1.165) is 24.8 Å². The Bertz CT molecular complexity index is 860. The number of sulfonamides is 1. The number of benzene rings is 2. The van der Waals surface area contributed by atoms with Crippen molar-refractivity contribution in [3.63, 3.8) is 0 Å². The summed E-state index contributed by atoms with van der Waals surface area (Å²) in [6.07, 6.45) is 0. The first-order chi connectivity index (χ1) is 12.3. The molecule has 0 aliphatic heterocycles. The van der Waals surface area contributed by atoms with Crippen LogP contribution in [0.15, 0.2) is 53.4 Å². The molecule has 9 heteroatoms. The summed E-state index contributed by atoms with van der Waals surface area (Å²) in [6.45, 7) is 0. The van der Waals surface area contributed by atoms with Crippen LogP contribution < -0.4 is 4.72 Å². The number of esters is 1. The third-order valence-electron chi connectivity index (χ3n) is 3.36. The molecule has 0 radical (unpaired) electrons. The Morgan fingerprint density at radius 1 is 1.19 bits per heavy atom. The average Bonchev–Trinajstić information content (AvgIpc) is 2.60. The van der Waals surface area contributed by atoms with E-state index >= 15 is 0 Å². The summed E-state index contributed by atoms with van der Waals surface area (Å²) >= 11 is 1.32. The molecule has 0 aromatic heterocycles. The van der Waals surface area contributed by atoms with E-state index in [2.05, 4.69) is 9.46 Å². The predicted octanol–water partition coefficient (Wildman–Crippen LogP) is 2.72. The Labute approximate surface area is 154 Å². The van der Waals surface area contributed by atoms with Gasteiger partial charge in [0, 0.05) is 17.6 Å². The summed E-state index contributed by atoms with van der Waals surface area (Å²) in [4.78, 5) is 11.2. The Balaban J connectivity index is 2.10. The lowest BCUT2D eigenvalue weighted by molar-refractivity contribution is -0.141. The number of carbonyl (C=O) groups excluding carboxylic acids is 1. The van der Waals surface area contributed by atoms with Gasteiger partial charge >= 0.3 is 5.97 Å². The molecular weight excluding hydrogens is 384 g/mol. The maximum Gasteiger partial charge on any atom is 0.324 e. The molecule has 140 valence electrons. The summed E-state index contributed by atoms with van der Waals surface area (Å²) in [5, 5.41) is 0. The predicted molar refractivity (Wildman–Crippen MR) is 95.1 cm³/mol. The molecule has 0 amide bonds. The molecule has 1 atom stereocenters. The van der Waals surface area contributed by atoms with Crippen LogP contribution in [0.4, 0.5) is 8.78 Å². The zero-order chi connectivity index (χ0) is 19.2. The van der Waals surface area contributed by atoms with Crippen LogP contribution in [0.5, 0.6) is 0 Å². The lowest BCUT2D eigenvalue weighted by Gasteiger charge is -2.16. The molecule has 0 fully saturated rings. The third-order valence-corrected chi connectivity index (χ3v) is 5.97. The molecular formula is C17H17F2NO4S2. The molecule has 0 heterocycles. The molecule has 1 N–H and O–H groups in total. The molecule has 0 spiro atoms. The quantitative estimate of drug-likeness (QED) is 0.689. The van der Waals surface area contributed by atoms with E-state index in [1.807, 2.05) is 30.3 Å². The van der Waals surface area contributed by atoms with Gasteiger partial charge in [0.1, 0.15) is 22.6 Å². The highest BCUT2D eigenvalue weighted by atomic mass is 32.2. The van der Waals surface area contributed by atoms with Gasteiger partial charge < -0.3 is 4.74 Å². The molecule has 0 bridgehead atoms. The van der Waals surface area contributed by atoms with Gasteiger partial charge in [0.2, 0.25) is 10.0 Å². The maximum absolute atomic E-state index is 13.8. The average molecular weight is 401 g/mol. The number of hydrogen-bond acceptors (Lipinski definition) is 5. The van der Waals surface area contributed by atoms with E-state index in [1.165, 1.54) is 11.8 Å². The standard InChI is InChI=1S/C17H17F2NO4S2/c1-24-17(21)15(11-25-10-12-5-3-2-4-6-12)20-26(22,23)16-8-7-13(18)9-14(16)19/h2-9,15,20H,10-11H2,1H3. The van der Waals surface area contributed by atoms with Gasteiger partial charge in [-0.25, -0.2) is 17.2 Å². The van der Waals surface area contributed by atoms with Crippen molar-refractivity contribution in [1.29, 1.82) is 0 Å². The normalized spacial score (nSPS) is 12.6. The zero-order valence-corrected chi connectivity index (χ0v) is 15.4. The highest BCUT2D eigenvalue weighted by molar-refractivity contribution is 7.98. The second-order valence-electron chi connectivity index (χ2n) is 5.27. The van der Waals surface area contributed by atoms with Gasteiger partial charge in [-0.1, -0.05) is 30.3 Å². The van der Waals surface area contributed by atoms with Gasteiger partial charge in [0.15, 0.2) is 0 Å². The van der Waals surface area contributed by atoms with Crippen LogP contribution in [0.1, 0.15) is 5.56 Å². The lowest BCUT2D eigenvalue weighted by Crippen LogP contribution is -2.43. The number of rotatable bonds is 8. The summed E-state index contributed by atoms with van der Waals surface area (Å²) in [7, 11) is -3.23. The van der Waals surface area contributed by atoms with Crippen LogP contribution in [-0.2, 0) is 25.3 Å². The number of thioether (sulfide) groups is 1. The van der Waals surface area contributed by atoms with Crippen molar-refractivity contribution in [3.05, 3.63) is 65.7 Å². The van der Waals surface area contributed by atoms with E-state index < -0.39 is 38.6 Å². The molecule has 2 aromatic carbocycles. The van der Waals surface area contributed by atoms with E-state index in [9.17, 15) is 22.0 Å². The number of carbonyl (C=O) groups is 1. The van der Waals surface area contributed by atoms with E-state index in [4.69, 9.17) is 0 Å². The Morgan fingerprint density at radius 3 is 2.50 bits per heavy atom. The molecule has 2 rings (SSSR count). The molecule has 1 unspecified atom stereocenters. The summed E-state index contributed by atoms with van der Waals surface area (Å²) in [5.74, 6) is -2.29. The number of ether oxygens (including phenoxy) is 1.